The van der Waals surface area contributed by atoms with Gasteiger partial charge in [-0.2, -0.15) is 0 Å². The number of methoxy groups -OCH3 is 3. The first-order chi connectivity index (χ1) is 21.4. The molecule has 2 amide bonds. The predicted octanol–water partition coefficient (Wildman–Crippen LogP) is 4.59. The van der Waals surface area contributed by atoms with Gasteiger partial charge in [0.1, 0.15) is 11.5 Å². The van der Waals surface area contributed by atoms with E-state index in [2.05, 4.69) is 16.0 Å². The van der Waals surface area contributed by atoms with Crippen LogP contribution >= 0.6 is 0 Å². The Kier molecular flexibility index (Phi) is 9.91. The summed E-state index contributed by atoms with van der Waals surface area (Å²) in [5.41, 5.74) is 5.61. The number of furan rings is 1. The maximum absolute atomic E-state index is 13.0. The molecule has 0 atom stereocenters. The Hall–Kier alpha value is -4.70. The number of hydrogen-bond donors (Lipinski definition) is 3. The van der Waals surface area contributed by atoms with Gasteiger partial charge in [-0.15, -0.1) is 0 Å². The van der Waals surface area contributed by atoms with Crippen LogP contribution in [0.15, 0.2) is 58.7 Å². The van der Waals surface area contributed by atoms with Crippen molar-refractivity contribution in [2.75, 3.05) is 41.0 Å². The van der Waals surface area contributed by atoms with Gasteiger partial charge in [0.2, 0.25) is 11.7 Å². The highest BCUT2D eigenvalue weighted by Gasteiger charge is 2.27. The third-order valence-electron chi connectivity index (χ3n) is 7.92. The van der Waals surface area contributed by atoms with Crippen LogP contribution < -0.4 is 34.9 Å². The van der Waals surface area contributed by atoms with Gasteiger partial charge in [-0.1, -0.05) is 6.07 Å². The molecule has 1 saturated heterocycles. The van der Waals surface area contributed by atoms with Gasteiger partial charge in [-0.25, -0.2) is 0 Å². The van der Waals surface area contributed by atoms with Gasteiger partial charge in [0.05, 0.1) is 40.6 Å². The molecule has 5 rings (SSSR count). The van der Waals surface area contributed by atoms with Crippen LogP contribution in [0.3, 0.4) is 0 Å². The Morgan fingerprint density at radius 2 is 1.73 bits per heavy atom. The molecule has 0 spiro atoms. The second kappa shape index (κ2) is 14.2. The largest absolute Gasteiger partial charge is 0.497 e. The van der Waals surface area contributed by atoms with Gasteiger partial charge < -0.3 is 39.3 Å². The highest BCUT2D eigenvalue weighted by Crippen LogP contribution is 2.46. The minimum atomic E-state index is -0.188. The number of ether oxygens (including phenoxy) is 4. The van der Waals surface area contributed by atoms with E-state index in [0.29, 0.717) is 35.3 Å². The van der Waals surface area contributed by atoms with Crippen molar-refractivity contribution in [2.24, 2.45) is 0 Å². The Morgan fingerprint density at radius 1 is 0.977 bits per heavy atom. The summed E-state index contributed by atoms with van der Waals surface area (Å²) in [6, 6.07) is 13.3. The molecule has 0 bridgehead atoms. The van der Waals surface area contributed by atoms with E-state index >= 15 is 0 Å². The molecule has 3 aromatic rings. The smallest absolute Gasteiger partial charge is 0.258 e. The normalized spacial score (nSPS) is 15.6. The van der Waals surface area contributed by atoms with E-state index in [1.807, 2.05) is 49.4 Å². The van der Waals surface area contributed by atoms with Crippen molar-refractivity contribution >= 4 is 29.0 Å². The molecule has 0 unspecified atom stereocenters. The van der Waals surface area contributed by atoms with E-state index in [1.54, 1.807) is 33.7 Å². The molecule has 10 heteroatoms. The first-order valence-corrected chi connectivity index (χ1v) is 14.7. The van der Waals surface area contributed by atoms with Crippen molar-refractivity contribution in [3.05, 3.63) is 76.8 Å². The quantitative estimate of drug-likeness (QED) is 0.276. The summed E-state index contributed by atoms with van der Waals surface area (Å²) < 4.78 is 28.1. The fraction of sp³-hybridized carbons (Fsp3) is 0.353. The second-order valence-corrected chi connectivity index (χ2v) is 10.7. The van der Waals surface area contributed by atoms with Crippen LogP contribution in [0, 0.1) is 0 Å². The Labute approximate surface area is 257 Å². The number of hydrogen-bond acceptors (Lipinski definition) is 8. The molecule has 1 aliphatic heterocycles. The number of carbonyl (C=O) groups is 2. The van der Waals surface area contributed by atoms with Gasteiger partial charge >= 0.3 is 0 Å². The summed E-state index contributed by atoms with van der Waals surface area (Å²) in [5.74, 6) is 2.34. The lowest BCUT2D eigenvalue weighted by molar-refractivity contribution is -0.124. The van der Waals surface area contributed by atoms with Gasteiger partial charge in [-0.05, 0) is 109 Å². The molecule has 2 aromatic carbocycles. The van der Waals surface area contributed by atoms with Crippen LogP contribution in [0.25, 0.3) is 17.2 Å². The molecule has 3 N–H and O–H groups in total. The lowest BCUT2D eigenvalue weighted by atomic mass is 10.00. The summed E-state index contributed by atoms with van der Waals surface area (Å²) >= 11 is 0. The minimum Gasteiger partial charge on any atom is -0.497 e. The van der Waals surface area contributed by atoms with Crippen molar-refractivity contribution < 1.29 is 33.0 Å². The van der Waals surface area contributed by atoms with E-state index in [9.17, 15) is 9.59 Å². The van der Waals surface area contributed by atoms with Crippen molar-refractivity contribution in [3.8, 4) is 23.0 Å². The number of carbonyl (C=O) groups excluding carboxylic acids is 2. The monoisotopic (exact) mass is 601 g/mol. The van der Waals surface area contributed by atoms with Crippen LogP contribution in [0.2, 0.25) is 0 Å². The van der Waals surface area contributed by atoms with Crippen molar-refractivity contribution in [1.29, 1.82) is 0 Å². The Morgan fingerprint density at radius 3 is 2.39 bits per heavy atom. The molecule has 1 aromatic heterocycles. The zero-order valence-electron chi connectivity index (χ0n) is 25.6. The third-order valence-corrected chi connectivity index (χ3v) is 7.92. The van der Waals surface area contributed by atoms with E-state index in [-0.39, 0.29) is 30.9 Å². The van der Waals surface area contributed by atoms with Crippen LogP contribution in [-0.4, -0.2) is 58.9 Å². The fourth-order valence-corrected chi connectivity index (χ4v) is 5.60. The average Bonchev–Trinajstić information content (AvgIpc) is 3.65. The van der Waals surface area contributed by atoms with Gasteiger partial charge in [0, 0.05) is 6.04 Å². The van der Waals surface area contributed by atoms with Crippen LogP contribution in [0.1, 0.15) is 48.6 Å². The lowest BCUT2D eigenvalue weighted by Crippen LogP contribution is -2.44. The Bertz CT molecular complexity index is 1530. The van der Waals surface area contributed by atoms with E-state index in [1.165, 1.54) is 0 Å². The summed E-state index contributed by atoms with van der Waals surface area (Å²) in [6.45, 7) is 3.95. The van der Waals surface area contributed by atoms with Crippen LogP contribution in [0.5, 0.6) is 23.0 Å². The maximum Gasteiger partial charge on any atom is 0.258 e. The van der Waals surface area contributed by atoms with Crippen LogP contribution in [-0.2, 0) is 16.1 Å². The highest BCUT2D eigenvalue weighted by atomic mass is 16.5. The topological polar surface area (TPSA) is 120 Å². The first-order valence-electron chi connectivity index (χ1n) is 14.7. The second-order valence-electron chi connectivity index (χ2n) is 10.7. The third kappa shape index (κ3) is 7.08. The summed E-state index contributed by atoms with van der Waals surface area (Å²) in [7, 11) is 4.73. The molecule has 0 radical (unpaired) electrons. The number of amides is 2. The molecule has 232 valence electrons. The van der Waals surface area contributed by atoms with Gasteiger partial charge in [0.25, 0.3) is 5.91 Å². The van der Waals surface area contributed by atoms with Crippen LogP contribution in [0.4, 0.5) is 0 Å². The molecule has 44 heavy (non-hydrogen) atoms. The number of fused-ring (bicyclic) bond motifs is 1. The fourth-order valence-electron chi connectivity index (χ4n) is 5.60. The van der Waals surface area contributed by atoms with Crippen molar-refractivity contribution in [2.45, 2.75) is 38.8 Å². The molecule has 0 saturated carbocycles. The molecule has 1 aliphatic carbocycles. The van der Waals surface area contributed by atoms with E-state index in [4.69, 9.17) is 23.4 Å². The molecular weight excluding hydrogens is 562 g/mol. The SMILES string of the molecule is COc1ccc2c(c1)C(CC(=O)NCc1ccco1)=C(C)C2=Cc1cc(OC)c(OCC(=O)NC2CCNCC2)c(OC)c1. The van der Waals surface area contributed by atoms with Gasteiger partial charge in [-0.3, -0.25) is 9.59 Å². The number of benzene rings is 2. The van der Waals surface area contributed by atoms with E-state index in [0.717, 1.165) is 59.3 Å². The summed E-state index contributed by atoms with van der Waals surface area (Å²) in [6.07, 6.45) is 5.60. The number of rotatable bonds is 12. The van der Waals surface area contributed by atoms with Crippen molar-refractivity contribution in [3.63, 3.8) is 0 Å². The molecule has 1 fully saturated rings. The average molecular weight is 602 g/mol. The molecule has 2 heterocycles. The minimum absolute atomic E-state index is 0.111. The van der Waals surface area contributed by atoms with Crippen molar-refractivity contribution in [1.82, 2.24) is 16.0 Å². The van der Waals surface area contributed by atoms with Gasteiger partial charge in [0.15, 0.2) is 18.1 Å². The summed E-state index contributed by atoms with van der Waals surface area (Å²) in [4.78, 5) is 25.6. The zero-order chi connectivity index (χ0) is 31.1. The Balaban J connectivity index is 1.40. The maximum atomic E-state index is 13.0. The molecular formula is C34H39N3O7. The predicted molar refractivity (Wildman–Crippen MR) is 168 cm³/mol. The molecule has 2 aliphatic rings. The first kappa shape index (κ1) is 30.7. The highest BCUT2D eigenvalue weighted by molar-refractivity contribution is 6.08. The number of piperidine rings is 1. The lowest BCUT2D eigenvalue weighted by Gasteiger charge is -2.23. The standard InChI is InChI=1S/C34H39N3O7/c1-21-27(26-8-7-24(40-2)17-29(26)28(21)18-32(38)36-19-25-6-5-13-43-25)14-22-15-30(41-3)34(31(16-22)42-4)44-20-33(39)37-23-9-11-35-12-10-23/h5-8,13-17,23,35H,9-12,18-20H2,1-4H3,(H,36,38)(H,37,39). The number of nitrogens with one attached hydrogen (secondary N) is 3. The summed E-state index contributed by atoms with van der Waals surface area (Å²) in [5, 5.41) is 9.27. The zero-order valence-corrected chi connectivity index (χ0v) is 25.6. The molecule has 10 nitrogen and oxygen atoms in total. The number of allylic oxidation sites excluding steroid dienone is 2. The van der Waals surface area contributed by atoms with E-state index < -0.39 is 0 Å².